The normalized spacial score (nSPS) is 12.8. The van der Waals surface area contributed by atoms with Gasteiger partial charge in [-0.05, 0) is 124 Å². The van der Waals surface area contributed by atoms with Gasteiger partial charge in [0.15, 0.2) is 5.78 Å². The summed E-state index contributed by atoms with van der Waals surface area (Å²) in [6.45, 7) is 20.5. The van der Waals surface area contributed by atoms with E-state index in [1.54, 1.807) is 13.1 Å². The van der Waals surface area contributed by atoms with Crippen molar-refractivity contribution in [3.63, 3.8) is 0 Å². The summed E-state index contributed by atoms with van der Waals surface area (Å²) in [5, 5.41) is 22.8. The predicted octanol–water partition coefficient (Wildman–Crippen LogP) is 18.4. The van der Waals surface area contributed by atoms with Gasteiger partial charge >= 0.3 is 0 Å². The summed E-state index contributed by atoms with van der Waals surface area (Å²) in [4.78, 5) is 19.0. The molecule has 0 aliphatic carbocycles. The van der Waals surface area contributed by atoms with Crippen LogP contribution in [0.1, 0.15) is 72.1 Å². The zero-order valence-electron chi connectivity index (χ0n) is 45.5. The van der Waals surface area contributed by atoms with E-state index in [1.165, 1.54) is 90.7 Å². The number of hydrogen-bond acceptors (Lipinski definition) is 6. The maximum absolute atomic E-state index is 10.0. The van der Waals surface area contributed by atoms with E-state index in [-0.39, 0.29) is 42.5 Å². The zero-order chi connectivity index (χ0) is 54.1. The number of para-hydroxylation sites is 2. The van der Waals surface area contributed by atoms with Gasteiger partial charge < -0.3 is 32.7 Å². The molecule has 0 unspecified atom stereocenters. The summed E-state index contributed by atoms with van der Waals surface area (Å²) >= 11 is 0. The second-order valence-corrected chi connectivity index (χ2v) is 22.6. The van der Waals surface area contributed by atoms with Gasteiger partial charge in [0.2, 0.25) is 0 Å². The van der Waals surface area contributed by atoms with Crippen LogP contribution in [0.4, 0.5) is 0 Å². The molecule has 0 aliphatic rings. The monoisotopic (exact) mass is 1210 g/mol. The molecule has 0 spiro atoms. The molecule has 7 aromatic heterocycles. The topological polar surface area (TPSA) is 97.7 Å². The predicted molar refractivity (Wildman–Crippen MR) is 325 cm³/mol. The number of carbonyl (C=O) groups excluding carboxylic acids is 1. The van der Waals surface area contributed by atoms with Crippen molar-refractivity contribution < 1.29 is 38.8 Å². The summed E-state index contributed by atoms with van der Waals surface area (Å²) < 4.78 is 17.8. The number of benzene rings is 8. The average molecular weight is 1210 g/mol. The summed E-state index contributed by atoms with van der Waals surface area (Å²) in [7, 11) is 1.80. The van der Waals surface area contributed by atoms with E-state index in [4.69, 9.17) is 13.9 Å². The number of allylic oxidation sites excluding steroid dienone is 3. The SMILES string of the molecule is C=CC(=NC)c1[c-]cc2c(c1)c1cc(C(C)(C)C)cc3c4c5oc6ccccc6c5ccc4n2c13.CC(=O)/C=C(/C)O.CC(C)(C)c1cc2c3cc(-c4ccccn4)[c-]cc3n3c4ccc5c6ccccc6oc5c4c(c1)c23.[Ir]. The number of hydrogen-bond donors (Lipinski definition) is 1. The van der Waals surface area contributed by atoms with E-state index >= 15 is 0 Å². The molecule has 0 amide bonds. The molecule has 8 aromatic carbocycles. The Morgan fingerprint density at radius 2 is 1.09 bits per heavy atom. The van der Waals surface area contributed by atoms with Gasteiger partial charge in [0.05, 0.1) is 27.6 Å². The number of furan rings is 2. The minimum atomic E-state index is -0.125. The molecule has 0 saturated carbocycles. The molecule has 79 heavy (non-hydrogen) atoms. The van der Waals surface area contributed by atoms with E-state index in [1.807, 2.05) is 36.5 Å². The third kappa shape index (κ3) is 8.09. The Bertz CT molecular complexity index is 5010. The van der Waals surface area contributed by atoms with E-state index in [2.05, 4.69) is 188 Å². The number of carbonyl (C=O) groups is 1. The van der Waals surface area contributed by atoms with Crippen LogP contribution in [0.3, 0.4) is 0 Å². The number of nitrogens with zero attached hydrogens (tertiary/aromatic N) is 4. The average Bonchev–Trinajstić information content (AvgIpc) is 2.79. The fourth-order valence-electron chi connectivity index (χ4n) is 11.8. The van der Waals surface area contributed by atoms with Crippen LogP contribution in [-0.4, -0.2) is 37.4 Å². The van der Waals surface area contributed by atoms with Crippen molar-refractivity contribution in [2.24, 2.45) is 4.99 Å². The molecule has 0 bridgehead atoms. The van der Waals surface area contributed by atoms with Crippen molar-refractivity contribution in [2.45, 2.75) is 66.2 Å². The van der Waals surface area contributed by atoms with Gasteiger partial charge in [0.1, 0.15) is 22.3 Å². The molecular weight excluding hydrogens is 1150 g/mol. The minimum absolute atomic E-state index is 0. The van der Waals surface area contributed by atoms with Gasteiger partial charge in [0.25, 0.3) is 0 Å². The first-order chi connectivity index (χ1) is 37.5. The molecule has 1 N–H and O–H groups in total. The quantitative estimate of drug-likeness (QED) is 0.0819. The first-order valence-electron chi connectivity index (χ1n) is 26.4. The van der Waals surface area contributed by atoms with Crippen LogP contribution in [0, 0.1) is 12.1 Å². The fraction of sp³-hybridized carbons (Fsp3) is 0.157. The van der Waals surface area contributed by atoms with Crippen LogP contribution in [0.25, 0.3) is 131 Å². The summed E-state index contributed by atoms with van der Waals surface area (Å²) in [5.74, 6) is -0.0625. The van der Waals surface area contributed by atoms with Gasteiger partial charge in [-0.1, -0.05) is 119 Å². The number of fused-ring (bicyclic) bond motifs is 20. The molecular formula is C70H56IrN4O4-2. The van der Waals surface area contributed by atoms with Crippen molar-refractivity contribution in [1.29, 1.82) is 0 Å². The summed E-state index contributed by atoms with van der Waals surface area (Å²) in [5.41, 5.74) is 17.3. The van der Waals surface area contributed by atoms with Crippen LogP contribution in [0.5, 0.6) is 0 Å². The third-order valence-electron chi connectivity index (χ3n) is 15.5. The van der Waals surface area contributed by atoms with E-state index in [0.29, 0.717) is 0 Å². The first kappa shape index (κ1) is 51.2. The Kier molecular flexibility index (Phi) is 12.2. The molecule has 9 heteroatoms. The zero-order valence-corrected chi connectivity index (χ0v) is 47.9. The Labute approximate surface area is 470 Å². The molecule has 0 aliphatic heterocycles. The Morgan fingerprint density at radius 1 is 0.595 bits per heavy atom. The largest absolute Gasteiger partial charge is 0.512 e. The number of aliphatic imine (C=N–C) groups is 1. The third-order valence-corrected chi connectivity index (χ3v) is 15.5. The number of aliphatic hydroxyl groups excluding tert-OH is 1. The molecule has 0 fully saturated rings. The minimum Gasteiger partial charge on any atom is -0.512 e. The van der Waals surface area contributed by atoms with E-state index < -0.39 is 0 Å². The molecule has 391 valence electrons. The van der Waals surface area contributed by atoms with Gasteiger partial charge in [-0.2, -0.15) is 0 Å². The fourth-order valence-corrected chi connectivity index (χ4v) is 11.8. The maximum Gasteiger partial charge on any atom is 0.155 e. The smallest absolute Gasteiger partial charge is 0.155 e. The van der Waals surface area contributed by atoms with Gasteiger partial charge in [-0.15, -0.1) is 54.1 Å². The summed E-state index contributed by atoms with van der Waals surface area (Å²) in [6.07, 6.45) is 4.80. The Morgan fingerprint density at radius 3 is 1.54 bits per heavy atom. The molecule has 15 aromatic rings. The number of pyridine rings is 1. The number of aromatic nitrogens is 3. The van der Waals surface area contributed by atoms with Crippen molar-refractivity contribution in [1.82, 2.24) is 13.8 Å². The second kappa shape index (κ2) is 18.8. The van der Waals surface area contributed by atoms with Crippen LogP contribution in [0.2, 0.25) is 0 Å². The van der Waals surface area contributed by atoms with Crippen LogP contribution in [-0.2, 0) is 35.7 Å². The Balaban J connectivity index is 0.000000140. The van der Waals surface area contributed by atoms with Crippen molar-refractivity contribution >= 4 is 132 Å². The molecule has 0 saturated heterocycles. The summed E-state index contributed by atoms with van der Waals surface area (Å²) in [6, 6.07) is 56.7. The van der Waals surface area contributed by atoms with E-state index in [9.17, 15) is 4.79 Å². The van der Waals surface area contributed by atoms with E-state index in [0.717, 1.165) is 83.0 Å². The molecule has 15 rings (SSSR count). The number of aliphatic hydroxyl groups is 1. The molecule has 7 heterocycles. The van der Waals surface area contributed by atoms with Crippen LogP contribution >= 0.6 is 0 Å². The van der Waals surface area contributed by atoms with Gasteiger partial charge in [0, 0.05) is 82.8 Å². The van der Waals surface area contributed by atoms with Gasteiger partial charge in [-0.3, -0.25) is 4.79 Å². The first-order valence-corrected chi connectivity index (χ1v) is 26.4. The van der Waals surface area contributed by atoms with Crippen molar-refractivity contribution in [3.05, 3.63) is 199 Å². The second-order valence-electron chi connectivity index (χ2n) is 22.6. The van der Waals surface area contributed by atoms with Crippen molar-refractivity contribution in [3.8, 4) is 11.3 Å². The standard InChI is InChI=1S/C33H23N2O.C32H25N2O.C5H8O2.Ir/c1-33(2,3)20-17-24-23-16-19(26-9-6-7-15-34-26)11-13-27(23)35-28-14-12-22-21-8-4-5-10-29(21)36-32(22)30(28)25(18-20)31(24)35;1-6-25(33-5)18-11-13-26-22(15-18)23-16-19(32(2,3)4)17-24-29-27(34(26)30(23)24)14-12-21-20-9-7-8-10-28(20)35-31(21)29;1-4(6)3-5(2)7;/h4-10,12-18H,1-3H3;6-10,12-17H,1H2,2-5H3;3,6H,1-2H3;/q2*-1;;/b;;4-3-;. The number of ketones is 1. The van der Waals surface area contributed by atoms with Crippen LogP contribution < -0.4 is 0 Å². The molecule has 1 radical (unpaired) electrons. The van der Waals surface area contributed by atoms with Gasteiger partial charge in [-0.25, -0.2) is 0 Å². The Hall–Kier alpha value is -8.62. The molecule has 8 nitrogen and oxygen atoms in total. The number of rotatable bonds is 4. The molecule has 0 atom stereocenters. The van der Waals surface area contributed by atoms with Crippen molar-refractivity contribution in [2.75, 3.05) is 7.05 Å². The van der Waals surface area contributed by atoms with Crippen LogP contribution in [0.15, 0.2) is 184 Å². The maximum atomic E-state index is 10.0.